The van der Waals surface area contributed by atoms with Crippen molar-refractivity contribution < 1.29 is 24.3 Å². The van der Waals surface area contributed by atoms with Crippen molar-refractivity contribution in [3.05, 3.63) is 65.4 Å². The van der Waals surface area contributed by atoms with Crippen molar-refractivity contribution in [2.75, 3.05) is 5.32 Å². The zero-order valence-electron chi connectivity index (χ0n) is 13.2. The minimum absolute atomic E-state index is 0.236. The van der Waals surface area contributed by atoms with Crippen molar-refractivity contribution in [1.29, 1.82) is 0 Å². The van der Waals surface area contributed by atoms with E-state index in [2.05, 4.69) is 10.5 Å². The van der Waals surface area contributed by atoms with Crippen LogP contribution in [0.5, 0.6) is 5.75 Å². The van der Waals surface area contributed by atoms with Gasteiger partial charge in [0.25, 0.3) is 5.91 Å². The fourth-order valence-corrected chi connectivity index (χ4v) is 2.41. The van der Waals surface area contributed by atoms with E-state index in [1.807, 2.05) is 18.2 Å². The quantitative estimate of drug-likeness (QED) is 0.629. The highest BCUT2D eigenvalue weighted by molar-refractivity contribution is 6.09. The lowest BCUT2D eigenvalue weighted by atomic mass is 10.1. The van der Waals surface area contributed by atoms with Crippen LogP contribution in [0.25, 0.3) is 11.3 Å². The third kappa shape index (κ3) is 3.20. The van der Waals surface area contributed by atoms with Crippen LogP contribution in [0, 0.1) is 6.92 Å². The van der Waals surface area contributed by atoms with Crippen molar-refractivity contribution in [2.24, 2.45) is 0 Å². The van der Waals surface area contributed by atoms with Crippen molar-refractivity contribution in [2.45, 2.75) is 6.92 Å². The Morgan fingerprint density at radius 2 is 1.84 bits per heavy atom. The Kier molecular flexibility index (Phi) is 4.21. The van der Waals surface area contributed by atoms with Crippen LogP contribution < -0.4 is 5.32 Å². The normalized spacial score (nSPS) is 10.4. The maximum absolute atomic E-state index is 12.6. The number of rotatable bonds is 4. The number of phenols is 1. The third-order valence-electron chi connectivity index (χ3n) is 3.62. The molecule has 0 atom stereocenters. The fourth-order valence-electron chi connectivity index (χ4n) is 2.41. The van der Waals surface area contributed by atoms with Crippen LogP contribution in [0.1, 0.15) is 26.5 Å². The summed E-state index contributed by atoms with van der Waals surface area (Å²) in [6, 6.07) is 12.9. The van der Waals surface area contributed by atoms with Gasteiger partial charge in [-0.05, 0) is 25.1 Å². The second-order valence-electron chi connectivity index (χ2n) is 5.32. The molecule has 3 rings (SSSR count). The molecule has 3 aromatic rings. The Morgan fingerprint density at radius 1 is 1.12 bits per heavy atom. The smallest absolute Gasteiger partial charge is 0.339 e. The van der Waals surface area contributed by atoms with Gasteiger partial charge in [0.2, 0.25) is 0 Å². The number of aromatic nitrogens is 1. The molecule has 1 amide bonds. The van der Waals surface area contributed by atoms with Crippen LogP contribution in [-0.4, -0.2) is 27.2 Å². The minimum atomic E-state index is -1.29. The number of nitrogens with zero attached hydrogens (tertiary/aromatic N) is 1. The summed E-state index contributed by atoms with van der Waals surface area (Å²) in [5, 5.41) is 25.1. The summed E-state index contributed by atoms with van der Waals surface area (Å²) in [6.45, 7) is 1.62. The lowest BCUT2D eigenvalue weighted by Crippen LogP contribution is -2.14. The molecule has 0 aliphatic rings. The Bertz CT molecular complexity index is 947. The van der Waals surface area contributed by atoms with Gasteiger partial charge in [-0.25, -0.2) is 4.79 Å². The topological polar surface area (TPSA) is 113 Å². The first-order valence-electron chi connectivity index (χ1n) is 7.36. The van der Waals surface area contributed by atoms with E-state index in [1.165, 1.54) is 18.2 Å². The highest BCUT2D eigenvalue weighted by Gasteiger charge is 2.22. The van der Waals surface area contributed by atoms with E-state index in [1.54, 1.807) is 19.1 Å². The van der Waals surface area contributed by atoms with E-state index in [9.17, 15) is 14.7 Å². The van der Waals surface area contributed by atoms with Gasteiger partial charge in [-0.1, -0.05) is 35.5 Å². The SMILES string of the molecule is Cc1onc(-c2ccccc2)c1C(=O)Nc1ccc(O)c(C(=O)O)c1. The zero-order chi connectivity index (χ0) is 18.0. The molecule has 0 bridgehead atoms. The first kappa shape index (κ1) is 16.3. The van der Waals surface area contributed by atoms with Crippen molar-refractivity contribution >= 4 is 17.6 Å². The van der Waals surface area contributed by atoms with Crippen LogP contribution in [0.15, 0.2) is 53.1 Å². The maximum Gasteiger partial charge on any atom is 0.339 e. The molecule has 1 aromatic heterocycles. The van der Waals surface area contributed by atoms with Crippen molar-refractivity contribution in [3.63, 3.8) is 0 Å². The highest BCUT2D eigenvalue weighted by atomic mass is 16.5. The zero-order valence-corrected chi connectivity index (χ0v) is 13.2. The summed E-state index contributed by atoms with van der Waals surface area (Å²) in [5.74, 6) is -1.82. The second kappa shape index (κ2) is 6.48. The molecule has 0 spiro atoms. The molecule has 0 radical (unpaired) electrons. The molecule has 7 heteroatoms. The first-order valence-corrected chi connectivity index (χ1v) is 7.36. The number of aromatic carboxylic acids is 1. The minimum Gasteiger partial charge on any atom is -0.507 e. The monoisotopic (exact) mass is 338 g/mol. The standard InChI is InChI=1S/C18H14N2O5/c1-10-15(16(20-25-10)11-5-3-2-4-6-11)17(22)19-12-7-8-14(21)13(9-12)18(23)24/h2-9,21H,1H3,(H,19,22)(H,23,24). The molecule has 0 aliphatic carbocycles. The molecule has 0 aliphatic heterocycles. The van der Waals surface area contributed by atoms with Crippen LogP contribution >= 0.6 is 0 Å². The summed E-state index contributed by atoms with van der Waals surface area (Å²) in [4.78, 5) is 23.7. The first-order chi connectivity index (χ1) is 12.0. The number of aromatic hydroxyl groups is 1. The van der Waals surface area contributed by atoms with Gasteiger partial charge >= 0.3 is 5.97 Å². The van der Waals surface area contributed by atoms with Gasteiger partial charge in [0.05, 0.1) is 0 Å². The number of carbonyl (C=O) groups is 2. The third-order valence-corrected chi connectivity index (χ3v) is 3.62. The predicted molar refractivity (Wildman–Crippen MR) is 89.7 cm³/mol. The van der Waals surface area contributed by atoms with E-state index in [-0.39, 0.29) is 22.6 Å². The van der Waals surface area contributed by atoms with E-state index in [0.717, 1.165) is 5.56 Å². The average molecular weight is 338 g/mol. The van der Waals surface area contributed by atoms with E-state index >= 15 is 0 Å². The maximum atomic E-state index is 12.6. The Labute approximate surface area is 142 Å². The van der Waals surface area contributed by atoms with Crippen LogP contribution in [0.3, 0.4) is 0 Å². The molecule has 0 saturated carbocycles. The van der Waals surface area contributed by atoms with E-state index in [0.29, 0.717) is 11.5 Å². The van der Waals surface area contributed by atoms with Crippen LogP contribution in [0.4, 0.5) is 5.69 Å². The fraction of sp³-hybridized carbons (Fsp3) is 0.0556. The molecule has 7 nitrogen and oxygen atoms in total. The van der Waals surface area contributed by atoms with Gasteiger partial charge in [0.1, 0.15) is 28.3 Å². The number of hydrogen-bond acceptors (Lipinski definition) is 5. The molecule has 0 unspecified atom stereocenters. The number of carboxylic acids is 1. The molecule has 0 saturated heterocycles. The van der Waals surface area contributed by atoms with Gasteiger partial charge in [0.15, 0.2) is 0 Å². The average Bonchev–Trinajstić information content (AvgIpc) is 2.99. The number of carbonyl (C=O) groups excluding carboxylic acids is 1. The number of amides is 1. The number of benzene rings is 2. The van der Waals surface area contributed by atoms with Crippen LogP contribution in [0.2, 0.25) is 0 Å². The Morgan fingerprint density at radius 3 is 2.52 bits per heavy atom. The second-order valence-corrected chi connectivity index (χ2v) is 5.32. The predicted octanol–water partition coefficient (Wildman–Crippen LogP) is 3.31. The summed E-state index contributed by atoms with van der Waals surface area (Å²) in [7, 11) is 0. The molecule has 2 aromatic carbocycles. The van der Waals surface area contributed by atoms with Gasteiger partial charge in [-0.2, -0.15) is 0 Å². The number of anilines is 1. The molecule has 1 heterocycles. The number of hydrogen-bond donors (Lipinski definition) is 3. The molecular weight excluding hydrogens is 324 g/mol. The Balaban J connectivity index is 1.94. The van der Waals surface area contributed by atoms with Crippen LogP contribution in [-0.2, 0) is 0 Å². The number of nitrogens with one attached hydrogen (secondary N) is 1. The van der Waals surface area contributed by atoms with Crippen molar-refractivity contribution in [3.8, 4) is 17.0 Å². The summed E-state index contributed by atoms with van der Waals surface area (Å²) < 4.78 is 5.15. The van der Waals surface area contributed by atoms with Gasteiger partial charge < -0.3 is 20.1 Å². The molecule has 126 valence electrons. The molecule has 3 N–H and O–H groups in total. The highest BCUT2D eigenvalue weighted by Crippen LogP contribution is 2.27. The van der Waals surface area contributed by atoms with Gasteiger partial charge in [-0.3, -0.25) is 4.79 Å². The molecule has 25 heavy (non-hydrogen) atoms. The van der Waals surface area contributed by atoms with Gasteiger partial charge in [0, 0.05) is 11.3 Å². The molecule has 0 fully saturated rings. The summed E-state index contributed by atoms with van der Waals surface area (Å²) in [6.07, 6.45) is 0. The molecular formula is C18H14N2O5. The Hall–Kier alpha value is -3.61. The van der Waals surface area contributed by atoms with Crippen molar-refractivity contribution in [1.82, 2.24) is 5.16 Å². The lowest BCUT2D eigenvalue weighted by Gasteiger charge is -2.08. The lowest BCUT2D eigenvalue weighted by molar-refractivity contribution is 0.0693. The summed E-state index contributed by atoms with van der Waals surface area (Å²) in [5.41, 5.74) is 1.31. The van der Waals surface area contributed by atoms with Gasteiger partial charge in [-0.15, -0.1) is 0 Å². The number of carboxylic acid groups (broad SMARTS) is 1. The summed E-state index contributed by atoms with van der Waals surface area (Å²) >= 11 is 0. The number of aryl methyl sites for hydroxylation is 1. The van der Waals surface area contributed by atoms with E-state index in [4.69, 9.17) is 9.63 Å². The largest absolute Gasteiger partial charge is 0.507 e. The van der Waals surface area contributed by atoms with E-state index < -0.39 is 11.9 Å².